The normalized spacial score (nSPS) is 11.8. The molecule has 0 saturated heterocycles. The van der Waals surface area contributed by atoms with Gasteiger partial charge in [0.25, 0.3) is 0 Å². The van der Waals surface area contributed by atoms with Gasteiger partial charge in [-0.25, -0.2) is 9.78 Å². The number of thioether (sulfide) groups is 1. The van der Waals surface area contributed by atoms with Crippen LogP contribution in [0.2, 0.25) is 0 Å². The van der Waals surface area contributed by atoms with Crippen LogP contribution in [0.3, 0.4) is 0 Å². The second-order valence-corrected chi connectivity index (χ2v) is 4.58. The van der Waals surface area contributed by atoms with Crippen LogP contribution < -0.4 is 16.4 Å². The number of hydrogen-bond donors (Lipinski definition) is 4. The average Bonchev–Trinajstić information content (AvgIpc) is 2.84. The number of aromatic amines is 1. The number of nitrogens with zero attached hydrogens (tertiary/aromatic N) is 1. The highest BCUT2D eigenvalue weighted by Crippen LogP contribution is 2.01. The lowest BCUT2D eigenvalue weighted by Gasteiger charge is -2.16. The van der Waals surface area contributed by atoms with Crippen molar-refractivity contribution in [2.24, 2.45) is 5.73 Å². The number of carbonyl (C=O) groups excluding carboxylic acids is 2. The second kappa shape index (κ2) is 7.59. The Morgan fingerprint density at radius 2 is 2.39 bits per heavy atom. The van der Waals surface area contributed by atoms with Crippen LogP contribution in [0.5, 0.6) is 0 Å². The van der Waals surface area contributed by atoms with Gasteiger partial charge >= 0.3 is 6.03 Å². The van der Waals surface area contributed by atoms with Gasteiger partial charge in [0.15, 0.2) is 0 Å². The van der Waals surface area contributed by atoms with Crippen LogP contribution in [0.1, 0.15) is 12.2 Å². The summed E-state index contributed by atoms with van der Waals surface area (Å²) in [5.41, 5.74) is 5.04. The number of urea groups is 1. The Morgan fingerprint density at radius 1 is 1.61 bits per heavy atom. The number of aromatic nitrogens is 2. The number of primary amides is 1. The molecule has 7 nitrogen and oxygen atoms in total. The largest absolute Gasteiger partial charge is 0.352 e. The van der Waals surface area contributed by atoms with Gasteiger partial charge in [-0.1, -0.05) is 0 Å². The van der Waals surface area contributed by atoms with Gasteiger partial charge in [-0.05, 0) is 18.4 Å². The number of amides is 3. The molecule has 1 rings (SSSR count). The van der Waals surface area contributed by atoms with Crippen LogP contribution in [0.15, 0.2) is 12.4 Å². The first-order chi connectivity index (χ1) is 8.63. The van der Waals surface area contributed by atoms with Gasteiger partial charge in [0, 0.05) is 12.4 Å². The van der Waals surface area contributed by atoms with E-state index in [-0.39, 0.29) is 5.91 Å². The van der Waals surface area contributed by atoms with Gasteiger partial charge in [0.2, 0.25) is 5.91 Å². The predicted octanol–water partition coefficient (Wildman–Crippen LogP) is -0.184. The van der Waals surface area contributed by atoms with Crippen LogP contribution in [0.4, 0.5) is 4.79 Å². The van der Waals surface area contributed by atoms with Crippen molar-refractivity contribution < 1.29 is 9.59 Å². The highest BCUT2D eigenvalue weighted by atomic mass is 32.2. The highest BCUT2D eigenvalue weighted by molar-refractivity contribution is 7.98. The first kappa shape index (κ1) is 14.4. The molecule has 0 aliphatic heterocycles. The molecule has 0 aliphatic rings. The number of carbonyl (C=O) groups is 2. The minimum Gasteiger partial charge on any atom is -0.352 e. The minimum absolute atomic E-state index is 0.265. The molecular weight excluding hydrogens is 254 g/mol. The minimum atomic E-state index is -0.700. The molecule has 3 amide bonds. The fourth-order valence-corrected chi connectivity index (χ4v) is 1.84. The maximum Gasteiger partial charge on any atom is 0.312 e. The van der Waals surface area contributed by atoms with Crippen molar-refractivity contribution in [3.05, 3.63) is 18.2 Å². The first-order valence-corrected chi connectivity index (χ1v) is 6.83. The van der Waals surface area contributed by atoms with Crippen LogP contribution in [0.25, 0.3) is 0 Å². The molecule has 8 heteroatoms. The number of imidazole rings is 1. The Hall–Kier alpha value is -1.70. The second-order valence-electron chi connectivity index (χ2n) is 3.60. The number of hydrogen-bond acceptors (Lipinski definition) is 4. The summed E-state index contributed by atoms with van der Waals surface area (Å²) < 4.78 is 0. The van der Waals surface area contributed by atoms with Gasteiger partial charge in [0.1, 0.15) is 11.9 Å². The summed E-state index contributed by atoms with van der Waals surface area (Å²) in [5, 5.41) is 5.11. The predicted molar refractivity (Wildman–Crippen MR) is 69.9 cm³/mol. The highest BCUT2D eigenvalue weighted by Gasteiger charge is 2.19. The van der Waals surface area contributed by atoms with E-state index < -0.39 is 12.1 Å². The van der Waals surface area contributed by atoms with E-state index in [4.69, 9.17) is 5.73 Å². The van der Waals surface area contributed by atoms with Crippen molar-refractivity contribution in [1.29, 1.82) is 0 Å². The zero-order valence-corrected chi connectivity index (χ0v) is 10.9. The van der Waals surface area contributed by atoms with E-state index in [2.05, 4.69) is 20.6 Å². The fraction of sp³-hybridized carbons (Fsp3) is 0.500. The van der Waals surface area contributed by atoms with Gasteiger partial charge in [-0.2, -0.15) is 11.8 Å². The lowest BCUT2D eigenvalue weighted by atomic mass is 10.2. The van der Waals surface area contributed by atoms with Crippen molar-refractivity contribution in [1.82, 2.24) is 20.6 Å². The van der Waals surface area contributed by atoms with E-state index in [1.807, 2.05) is 6.26 Å². The summed E-state index contributed by atoms with van der Waals surface area (Å²) in [6.07, 6.45) is 5.75. The van der Waals surface area contributed by atoms with Crippen LogP contribution in [-0.4, -0.2) is 40.0 Å². The summed E-state index contributed by atoms with van der Waals surface area (Å²) in [4.78, 5) is 29.5. The quantitative estimate of drug-likeness (QED) is 0.550. The number of H-pyrrole nitrogens is 1. The summed E-state index contributed by atoms with van der Waals surface area (Å²) in [5.74, 6) is 1.16. The molecule has 5 N–H and O–H groups in total. The number of nitrogens with two attached hydrogens (primary N) is 1. The molecule has 0 bridgehead atoms. The molecule has 0 fully saturated rings. The maximum atomic E-state index is 11.8. The van der Waals surface area contributed by atoms with Gasteiger partial charge in [-0.3, -0.25) is 4.79 Å². The van der Waals surface area contributed by atoms with E-state index in [1.54, 1.807) is 24.2 Å². The van der Waals surface area contributed by atoms with Gasteiger partial charge in [-0.15, -0.1) is 0 Å². The molecule has 100 valence electrons. The Balaban J connectivity index is 2.44. The van der Waals surface area contributed by atoms with Gasteiger partial charge < -0.3 is 21.4 Å². The average molecular weight is 271 g/mol. The Kier molecular flexibility index (Phi) is 6.06. The maximum absolute atomic E-state index is 11.8. The molecule has 0 aromatic carbocycles. The molecule has 1 aromatic heterocycles. The summed E-state index contributed by atoms with van der Waals surface area (Å²) in [7, 11) is 0. The smallest absolute Gasteiger partial charge is 0.312 e. The third kappa shape index (κ3) is 5.09. The molecule has 1 heterocycles. The van der Waals surface area contributed by atoms with Crippen molar-refractivity contribution in [3.63, 3.8) is 0 Å². The lowest BCUT2D eigenvalue weighted by Crippen LogP contribution is -2.48. The van der Waals surface area contributed by atoms with Crippen molar-refractivity contribution in [2.45, 2.75) is 19.0 Å². The van der Waals surface area contributed by atoms with E-state index in [9.17, 15) is 9.59 Å². The summed E-state index contributed by atoms with van der Waals surface area (Å²) in [6, 6.07) is -1.31. The summed E-state index contributed by atoms with van der Waals surface area (Å²) >= 11 is 1.60. The number of nitrogens with one attached hydrogen (secondary N) is 3. The van der Waals surface area contributed by atoms with Crippen molar-refractivity contribution in [3.8, 4) is 0 Å². The zero-order valence-electron chi connectivity index (χ0n) is 10.1. The SMILES string of the molecule is CSCCC(NC(N)=O)C(=O)NCc1ncc[nH]1. The lowest BCUT2D eigenvalue weighted by molar-refractivity contribution is -0.123. The molecule has 0 spiro atoms. The third-order valence-electron chi connectivity index (χ3n) is 2.23. The molecular formula is C10H17N5O2S. The molecule has 0 radical (unpaired) electrons. The summed E-state index contributed by atoms with van der Waals surface area (Å²) in [6.45, 7) is 0.294. The van der Waals surface area contributed by atoms with Crippen molar-refractivity contribution >= 4 is 23.7 Å². The number of rotatable bonds is 7. The Bertz CT molecular complexity index is 382. The zero-order chi connectivity index (χ0) is 13.4. The topological polar surface area (TPSA) is 113 Å². The van der Waals surface area contributed by atoms with Crippen molar-refractivity contribution in [2.75, 3.05) is 12.0 Å². The van der Waals surface area contributed by atoms with E-state index in [0.717, 1.165) is 5.75 Å². The van der Waals surface area contributed by atoms with E-state index >= 15 is 0 Å². The molecule has 0 saturated carbocycles. The van der Waals surface area contributed by atoms with Gasteiger partial charge in [0.05, 0.1) is 6.54 Å². The van der Waals surface area contributed by atoms with Crippen LogP contribution >= 0.6 is 11.8 Å². The van der Waals surface area contributed by atoms with Crippen LogP contribution in [0, 0.1) is 0 Å². The molecule has 0 aliphatic carbocycles. The molecule has 1 atom stereocenters. The fourth-order valence-electron chi connectivity index (χ4n) is 1.36. The third-order valence-corrected chi connectivity index (χ3v) is 2.87. The van der Waals surface area contributed by atoms with E-state index in [0.29, 0.717) is 18.8 Å². The molecule has 1 unspecified atom stereocenters. The van der Waals surface area contributed by atoms with E-state index in [1.165, 1.54) is 0 Å². The molecule has 1 aromatic rings. The first-order valence-electron chi connectivity index (χ1n) is 5.44. The Morgan fingerprint density at radius 3 is 2.94 bits per heavy atom. The monoisotopic (exact) mass is 271 g/mol. The Labute approximate surface area is 109 Å². The standard InChI is InChI=1S/C10H17N5O2S/c1-18-5-2-7(15-10(11)17)9(16)14-6-8-12-3-4-13-8/h3-4,7H,2,5-6H2,1H3,(H,12,13)(H,14,16)(H3,11,15,17). The van der Waals surface area contributed by atoms with Crippen LogP contribution in [-0.2, 0) is 11.3 Å². The molecule has 18 heavy (non-hydrogen) atoms.